The molecule has 0 amide bonds. The molecule has 0 unspecified atom stereocenters. The summed E-state index contributed by atoms with van der Waals surface area (Å²) in [7, 11) is 0. The summed E-state index contributed by atoms with van der Waals surface area (Å²) in [5.74, 6) is 0.608. The van der Waals surface area contributed by atoms with Gasteiger partial charge < -0.3 is 10.2 Å². The molecular weight excluding hydrogens is 204 g/mol. The van der Waals surface area contributed by atoms with Crippen molar-refractivity contribution in [2.75, 3.05) is 11.4 Å². The van der Waals surface area contributed by atoms with E-state index >= 15 is 0 Å². The van der Waals surface area contributed by atoms with E-state index in [0.29, 0.717) is 12.0 Å². The molecule has 15 heavy (non-hydrogen) atoms. The van der Waals surface area contributed by atoms with Gasteiger partial charge in [0.25, 0.3) is 0 Å². The second-order valence-corrected chi connectivity index (χ2v) is 4.63. The van der Waals surface area contributed by atoms with Gasteiger partial charge in [0.1, 0.15) is 0 Å². The van der Waals surface area contributed by atoms with Gasteiger partial charge in [0, 0.05) is 18.3 Å². The zero-order valence-corrected chi connectivity index (χ0v) is 9.92. The molecule has 1 fully saturated rings. The molecule has 0 bridgehead atoms. The molecule has 0 aromatic heterocycles. The molecule has 2 rings (SSSR count). The second kappa shape index (κ2) is 4.19. The molecule has 3 heteroatoms. The van der Waals surface area contributed by atoms with Crippen LogP contribution in [0.1, 0.15) is 13.8 Å². The number of hydrogen-bond acceptors (Lipinski definition) is 1. The van der Waals surface area contributed by atoms with E-state index in [-0.39, 0.29) is 0 Å². The van der Waals surface area contributed by atoms with E-state index in [4.69, 9.17) is 12.2 Å². The Morgan fingerprint density at radius 3 is 2.53 bits per heavy atom. The lowest BCUT2D eigenvalue weighted by Gasteiger charge is -2.17. The van der Waals surface area contributed by atoms with Crippen molar-refractivity contribution in [1.82, 2.24) is 5.32 Å². The number of benzene rings is 1. The molecule has 1 aliphatic heterocycles. The molecule has 80 valence electrons. The van der Waals surface area contributed by atoms with Crippen LogP contribution in [0.25, 0.3) is 0 Å². The van der Waals surface area contributed by atoms with Gasteiger partial charge in [0.05, 0.1) is 0 Å². The van der Waals surface area contributed by atoms with E-state index < -0.39 is 0 Å². The largest absolute Gasteiger partial charge is 0.357 e. The molecule has 1 aromatic carbocycles. The van der Waals surface area contributed by atoms with Crippen molar-refractivity contribution in [3.63, 3.8) is 0 Å². The predicted molar refractivity (Wildman–Crippen MR) is 68.1 cm³/mol. The van der Waals surface area contributed by atoms with Gasteiger partial charge in [0.2, 0.25) is 0 Å². The van der Waals surface area contributed by atoms with Gasteiger partial charge in [-0.1, -0.05) is 32.0 Å². The minimum Gasteiger partial charge on any atom is -0.357 e. The average Bonchev–Trinajstić information content (AvgIpc) is 2.62. The molecule has 0 saturated carbocycles. The van der Waals surface area contributed by atoms with Crippen molar-refractivity contribution in [3.05, 3.63) is 30.3 Å². The first-order valence-electron chi connectivity index (χ1n) is 5.31. The van der Waals surface area contributed by atoms with Gasteiger partial charge in [-0.2, -0.15) is 0 Å². The van der Waals surface area contributed by atoms with Crippen molar-refractivity contribution in [2.24, 2.45) is 5.92 Å². The van der Waals surface area contributed by atoms with Crippen molar-refractivity contribution >= 4 is 23.0 Å². The van der Waals surface area contributed by atoms with Crippen LogP contribution in [0.4, 0.5) is 5.69 Å². The normalized spacial score (nSPS) is 20.9. The van der Waals surface area contributed by atoms with Crippen LogP contribution in [-0.2, 0) is 0 Å². The zero-order valence-electron chi connectivity index (χ0n) is 9.10. The molecule has 0 spiro atoms. The third-order valence-corrected chi connectivity index (χ3v) is 3.14. The van der Waals surface area contributed by atoms with E-state index in [2.05, 4.69) is 36.2 Å². The van der Waals surface area contributed by atoms with Crippen LogP contribution in [0, 0.1) is 5.92 Å². The second-order valence-electron chi connectivity index (χ2n) is 4.25. The van der Waals surface area contributed by atoms with Crippen LogP contribution in [0.3, 0.4) is 0 Å². The SMILES string of the molecule is CC(C)[C@H]1CN(c2ccccc2)C(=S)N1. The van der Waals surface area contributed by atoms with E-state index in [1.807, 2.05) is 18.2 Å². The maximum Gasteiger partial charge on any atom is 0.173 e. The van der Waals surface area contributed by atoms with Crippen LogP contribution in [-0.4, -0.2) is 17.7 Å². The first-order valence-corrected chi connectivity index (χ1v) is 5.72. The highest BCUT2D eigenvalue weighted by atomic mass is 32.1. The maximum atomic E-state index is 5.33. The maximum absolute atomic E-state index is 5.33. The van der Waals surface area contributed by atoms with E-state index in [1.165, 1.54) is 5.69 Å². The first kappa shape index (κ1) is 10.4. The van der Waals surface area contributed by atoms with E-state index in [1.54, 1.807) is 0 Å². The molecule has 2 nitrogen and oxygen atoms in total. The van der Waals surface area contributed by atoms with Gasteiger partial charge in [-0.3, -0.25) is 0 Å². The number of nitrogens with zero attached hydrogens (tertiary/aromatic N) is 1. The average molecular weight is 220 g/mol. The topological polar surface area (TPSA) is 15.3 Å². The Labute approximate surface area is 96.3 Å². The predicted octanol–water partition coefficient (Wildman–Crippen LogP) is 2.41. The monoisotopic (exact) mass is 220 g/mol. The van der Waals surface area contributed by atoms with Gasteiger partial charge >= 0.3 is 0 Å². The van der Waals surface area contributed by atoms with Crippen molar-refractivity contribution < 1.29 is 0 Å². The van der Waals surface area contributed by atoms with Crippen LogP contribution >= 0.6 is 12.2 Å². The molecule has 0 aliphatic carbocycles. The summed E-state index contributed by atoms with van der Waals surface area (Å²) in [5, 5.41) is 4.21. The Hall–Kier alpha value is -1.09. The number of anilines is 1. The minimum atomic E-state index is 0.470. The van der Waals surface area contributed by atoms with E-state index in [9.17, 15) is 0 Å². The minimum absolute atomic E-state index is 0.470. The lowest BCUT2D eigenvalue weighted by Crippen LogP contribution is -2.31. The third-order valence-electron chi connectivity index (χ3n) is 2.81. The van der Waals surface area contributed by atoms with Gasteiger partial charge in [0.15, 0.2) is 5.11 Å². The number of thiocarbonyl (C=S) groups is 1. The number of nitrogens with one attached hydrogen (secondary N) is 1. The summed E-state index contributed by atoms with van der Waals surface area (Å²) in [6.07, 6.45) is 0. The Kier molecular flexibility index (Phi) is 2.91. The van der Waals surface area contributed by atoms with Crippen molar-refractivity contribution in [3.8, 4) is 0 Å². The fourth-order valence-electron chi connectivity index (χ4n) is 1.77. The number of para-hydroxylation sites is 1. The lowest BCUT2D eigenvalue weighted by atomic mass is 10.1. The molecule has 1 atom stereocenters. The highest BCUT2D eigenvalue weighted by Crippen LogP contribution is 2.20. The summed E-state index contributed by atoms with van der Waals surface area (Å²) in [4.78, 5) is 2.17. The molecule has 1 aromatic rings. The Bertz CT molecular complexity index is 348. The first-order chi connectivity index (χ1) is 7.18. The van der Waals surface area contributed by atoms with Gasteiger partial charge in [-0.15, -0.1) is 0 Å². The molecular formula is C12H16N2S. The summed E-state index contributed by atoms with van der Waals surface area (Å²) < 4.78 is 0. The van der Waals surface area contributed by atoms with Crippen LogP contribution in [0.5, 0.6) is 0 Å². The Morgan fingerprint density at radius 2 is 2.00 bits per heavy atom. The third kappa shape index (κ3) is 2.12. The standard InChI is InChI=1S/C12H16N2S/c1-9(2)11-8-14(12(15)13-11)10-6-4-3-5-7-10/h3-7,9,11H,8H2,1-2H3,(H,13,15)/t11-/m1/s1. The number of hydrogen-bond donors (Lipinski definition) is 1. The molecule has 0 radical (unpaired) electrons. The van der Waals surface area contributed by atoms with Crippen molar-refractivity contribution in [1.29, 1.82) is 0 Å². The molecule has 1 N–H and O–H groups in total. The van der Waals surface area contributed by atoms with E-state index in [0.717, 1.165) is 11.7 Å². The highest BCUT2D eigenvalue weighted by Gasteiger charge is 2.28. The summed E-state index contributed by atoms with van der Waals surface area (Å²) in [5.41, 5.74) is 1.18. The fourth-order valence-corrected chi connectivity index (χ4v) is 2.10. The molecule has 1 aliphatic rings. The lowest BCUT2D eigenvalue weighted by molar-refractivity contribution is 0.490. The summed E-state index contributed by atoms with van der Waals surface area (Å²) in [6.45, 7) is 5.41. The Morgan fingerprint density at radius 1 is 1.33 bits per heavy atom. The zero-order chi connectivity index (χ0) is 10.8. The fraction of sp³-hybridized carbons (Fsp3) is 0.417. The quantitative estimate of drug-likeness (QED) is 0.771. The summed E-state index contributed by atoms with van der Waals surface area (Å²) in [6, 6.07) is 10.8. The van der Waals surface area contributed by atoms with Crippen LogP contribution < -0.4 is 10.2 Å². The molecule has 1 heterocycles. The number of rotatable bonds is 2. The van der Waals surface area contributed by atoms with Crippen LogP contribution in [0.2, 0.25) is 0 Å². The van der Waals surface area contributed by atoms with Crippen LogP contribution in [0.15, 0.2) is 30.3 Å². The smallest absolute Gasteiger partial charge is 0.173 e. The Balaban J connectivity index is 2.16. The summed E-state index contributed by atoms with van der Waals surface area (Å²) >= 11 is 5.33. The van der Waals surface area contributed by atoms with Crippen molar-refractivity contribution in [2.45, 2.75) is 19.9 Å². The van der Waals surface area contributed by atoms with Gasteiger partial charge in [-0.25, -0.2) is 0 Å². The highest BCUT2D eigenvalue weighted by molar-refractivity contribution is 7.80. The molecule has 1 saturated heterocycles. The van der Waals surface area contributed by atoms with Gasteiger partial charge in [-0.05, 0) is 30.3 Å².